The van der Waals surface area contributed by atoms with Crippen LogP contribution in [0.1, 0.15) is 48.3 Å². The van der Waals surface area contributed by atoms with Crippen molar-refractivity contribution in [1.82, 2.24) is 20.0 Å². The SMILES string of the molecule is C=CCCc1noc(N2CCC(N(C(=O)c3ccc(-c4cnco4)cc3)C3CC3)CC2)n1. The van der Waals surface area contributed by atoms with E-state index in [0.29, 0.717) is 29.2 Å². The molecule has 0 bridgehead atoms. The molecule has 3 heterocycles. The lowest BCUT2D eigenvalue weighted by Gasteiger charge is -2.38. The molecule has 0 unspecified atom stereocenters. The fourth-order valence-electron chi connectivity index (χ4n) is 4.31. The molecule has 2 aliphatic rings. The maximum absolute atomic E-state index is 13.4. The molecule has 5 rings (SSSR count). The molecule has 32 heavy (non-hydrogen) atoms. The average molecular weight is 434 g/mol. The summed E-state index contributed by atoms with van der Waals surface area (Å²) in [4.78, 5) is 26.1. The number of aromatic nitrogens is 3. The van der Waals surface area contributed by atoms with E-state index in [4.69, 9.17) is 8.94 Å². The van der Waals surface area contributed by atoms with Crippen LogP contribution in [-0.2, 0) is 6.42 Å². The number of aryl methyl sites for hydroxylation is 1. The Hall–Kier alpha value is -3.42. The van der Waals surface area contributed by atoms with Gasteiger partial charge in [-0.15, -0.1) is 6.58 Å². The lowest BCUT2D eigenvalue weighted by molar-refractivity contribution is 0.0629. The summed E-state index contributed by atoms with van der Waals surface area (Å²) in [5.41, 5.74) is 1.63. The molecule has 0 N–H and O–H groups in total. The van der Waals surface area contributed by atoms with E-state index in [-0.39, 0.29) is 11.9 Å². The van der Waals surface area contributed by atoms with E-state index in [1.54, 1.807) is 6.20 Å². The summed E-state index contributed by atoms with van der Waals surface area (Å²) in [7, 11) is 0. The first-order valence-electron chi connectivity index (χ1n) is 11.2. The van der Waals surface area contributed by atoms with Crippen molar-refractivity contribution in [1.29, 1.82) is 0 Å². The van der Waals surface area contributed by atoms with Crippen molar-refractivity contribution in [2.24, 2.45) is 0 Å². The molecule has 8 heteroatoms. The normalized spacial score (nSPS) is 16.8. The molecule has 1 saturated carbocycles. The quantitative estimate of drug-likeness (QED) is 0.494. The van der Waals surface area contributed by atoms with E-state index >= 15 is 0 Å². The second-order valence-electron chi connectivity index (χ2n) is 8.43. The van der Waals surface area contributed by atoms with E-state index in [1.165, 1.54) is 6.39 Å². The van der Waals surface area contributed by atoms with Gasteiger partial charge in [0.2, 0.25) is 0 Å². The molecular weight excluding hydrogens is 406 g/mol. The Morgan fingerprint density at radius 2 is 1.91 bits per heavy atom. The van der Waals surface area contributed by atoms with Gasteiger partial charge in [0.05, 0.1) is 6.20 Å². The largest absolute Gasteiger partial charge is 0.444 e. The van der Waals surface area contributed by atoms with Crippen LogP contribution in [0, 0.1) is 0 Å². The molecule has 0 spiro atoms. The van der Waals surface area contributed by atoms with Crippen molar-refractivity contribution >= 4 is 11.9 Å². The number of allylic oxidation sites excluding steroid dienone is 1. The van der Waals surface area contributed by atoms with Gasteiger partial charge in [-0.05, 0) is 44.2 Å². The molecule has 0 radical (unpaired) electrons. The molecule has 1 saturated heterocycles. The first-order valence-corrected chi connectivity index (χ1v) is 11.2. The van der Waals surface area contributed by atoms with Crippen LogP contribution in [0.2, 0.25) is 0 Å². The zero-order valence-corrected chi connectivity index (χ0v) is 18.0. The summed E-state index contributed by atoms with van der Waals surface area (Å²) < 4.78 is 10.8. The Bertz CT molecular complexity index is 1050. The van der Waals surface area contributed by atoms with Gasteiger partial charge in [0.15, 0.2) is 18.0 Å². The second-order valence-corrected chi connectivity index (χ2v) is 8.43. The monoisotopic (exact) mass is 433 g/mol. The molecule has 166 valence electrons. The smallest absolute Gasteiger partial charge is 0.324 e. The Morgan fingerprint density at radius 3 is 2.56 bits per heavy atom. The van der Waals surface area contributed by atoms with Crippen molar-refractivity contribution in [2.75, 3.05) is 18.0 Å². The van der Waals surface area contributed by atoms with Crippen LogP contribution < -0.4 is 4.90 Å². The molecule has 0 atom stereocenters. The van der Waals surface area contributed by atoms with Crippen molar-refractivity contribution < 1.29 is 13.7 Å². The summed E-state index contributed by atoms with van der Waals surface area (Å²) >= 11 is 0. The van der Waals surface area contributed by atoms with Crippen LogP contribution in [0.5, 0.6) is 0 Å². The lowest BCUT2D eigenvalue weighted by Crippen LogP contribution is -2.48. The summed E-state index contributed by atoms with van der Waals surface area (Å²) in [6.07, 6.45) is 10.5. The molecule has 1 aliphatic carbocycles. The van der Waals surface area contributed by atoms with Gasteiger partial charge in [-0.2, -0.15) is 4.98 Å². The van der Waals surface area contributed by atoms with E-state index in [1.807, 2.05) is 30.3 Å². The molecule has 1 aliphatic heterocycles. The maximum Gasteiger partial charge on any atom is 0.324 e. The Labute approximate surface area is 186 Å². The number of nitrogens with zero attached hydrogens (tertiary/aromatic N) is 5. The third-order valence-corrected chi connectivity index (χ3v) is 6.18. The molecular formula is C24H27N5O3. The molecule has 2 aromatic heterocycles. The number of hydrogen-bond acceptors (Lipinski definition) is 7. The number of anilines is 1. The Kier molecular flexibility index (Phi) is 5.75. The highest BCUT2D eigenvalue weighted by Gasteiger charge is 2.39. The van der Waals surface area contributed by atoms with Crippen molar-refractivity contribution in [3.05, 3.63) is 60.9 Å². The fraction of sp³-hybridized carbons (Fsp3) is 0.417. The van der Waals surface area contributed by atoms with E-state index in [2.05, 4.69) is 31.5 Å². The van der Waals surface area contributed by atoms with Crippen molar-refractivity contribution in [3.8, 4) is 11.3 Å². The number of carbonyl (C=O) groups excluding carboxylic acids is 1. The van der Waals surface area contributed by atoms with Gasteiger partial charge < -0.3 is 18.7 Å². The van der Waals surface area contributed by atoms with E-state index < -0.39 is 0 Å². The third kappa shape index (κ3) is 4.30. The zero-order valence-electron chi connectivity index (χ0n) is 18.0. The van der Waals surface area contributed by atoms with Crippen LogP contribution in [0.4, 0.5) is 6.01 Å². The first kappa shape index (κ1) is 20.5. The van der Waals surface area contributed by atoms with Crippen molar-refractivity contribution in [3.63, 3.8) is 0 Å². The number of carbonyl (C=O) groups is 1. The minimum atomic E-state index is 0.111. The number of hydrogen-bond donors (Lipinski definition) is 0. The predicted octanol–water partition coefficient (Wildman–Crippen LogP) is 4.12. The van der Waals surface area contributed by atoms with Crippen LogP contribution >= 0.6 is 0 Å². The number of amides is 1. The molecule has 1 aromatic carbocycles. The van der Waals surface area contributed by atoms with Crippen molar-refractivity contribution in [2.45, 2.75) is 50.6 Å². The predicted molar refractivity (Wildman–Crippen MR) is 119 cm³/mol. The summed E-state index contributed by atoms with van der Waals surface area (Å²) in [6.45, 7) is 5.33. The van der Waals surface area contributed by atoms with Gasteiger partial charge >= 0.3 is 6.01 Å². The van der Waals surface area contributed by atoms with Gasteiger partial charge in [-0.25, -0.2) is 4.98 Å². The van der Waals surface area contributed by atoms with E-state index in [9.17, 15) is 4.79 Å². The fourth-order valence-corrected chi connectivity index (χ4v) is 4.31. The van der Waals surface area contributed by atoms with Crippen LogP contribution in [0.3, 0.4) is 0 Å². The summed E-state index contributed by atoms with van der Waals surface area (Å²) in [5.74, 6) is 1.52. The first-order chi connectivity index (χ1) is 15.7. The second kappa shape index (κ2) is 8.98. The minimum absolute atomic E-state index is 0.111. The van der Waals surface area contributed by atoms with Gasteiger partial charge in [-0.3, -0.25) is 4.79 Å². The van der Waals surface area contributed by atoms with Gasteiger partial charge in [0.25, 0.3) is 5.91 Å². The summed E-state index contributed by atoms with van der Waals surface area (Å²) in [6, 6.07) is 8.75. The molecule has 3 aromatic rings. The third-order valence-electron chi connectivity index (χ3n) is 6.18. The number of piperidine rings is 1. The number of benzene rings is 1. The number of oxazole rings is 1. The van der Waals surface area contributed by atoms with Crippen LogP contribution in [0.25, 0.3) is 11.3 Å². The molecule has 2 fully saturated rings. The average Bonchev–Trinajstić information content (AvgIpc) is 3.31. The summed E-state index contributed by atoms with van der Waals surface area (Å²) in [5, 5.41) is 4.06. The zero-order chi connectivity index (χ0) is 21.9. The topological polar surface area (TPSA) is 88.5 Å². The van der Waals surface area contributed by atoms with Crippen LogP contribution in [0.15, 0.2) is 58.5 Å². The lowest BCUT2D eigenvalue weighted by atomic mass is 10.0. The van der Waals surface area contributed by atoms with Gasteiger partial charge in [-0.1, -0.05) is 23.4 Å². The highest BCUT2D eigenvalue weighted by molar-refractivity contribution is 5.95. The highest BCUT2D eigenvalue weighted by Crippen LogP contribution is 2.34. The number of rotatable bonds is 8. The molecule has 8 nitrogen and oxygen atoms in total. The van der Waals surface area contributed by atoms with Gasteiger partial charge in [0, 0.05) is 42.7 Å². The van der Waals surface area contributed by atoms with Gasteiger partial charge in [0.1, 0.15) is 0 Å². The van der Waals surface area contributed by atoms with E-state index in [0.717, 1.165) is 57.2 Å². The highest BCUT2D eigenvalue weighted by atomic mass is 16.5. The molecule has 1 amide bonds. The Balaban J connectivity index is 1.23. The minimum Gasteiger partial charge on any atom is -0.444 e. The Morgan fingerprint density at radius 1 is 1.16 bits per heavy atom. The van der Waals surface area contributed by atoms with Crippen LogP contribution in [-0.4, -0.2) is 51.1 Å². The standard InChI is InChI=1S/C24H27N5O3/c1-2-3-4-22-26-24(32-27-22)28-13-11-20(12-14-28)29(19-9-10-19)23(30)18-7-5-17(6-8-18)21-15-25-16-31-21/h2,5-8,15-16,19-20H,1,3-4,9-14H2. The maximum atomic E-state index is 13.4.